The Morgan fingerprint density at radius 1 is 1.25 bits per heavy atom. The van der Waals surface area contributed by atoms with Crippen molar-refractivity contribution in [3.05, 3.63) is 58.3 Å². The number of pyridine rings is 1. The van der Waals surface area contributed by atoms with Crippen LogP contribution in [0.15, 0.2) is 41.5 Å². The molecule has 3 N–H and O–H groups in total. The molecule has 1 aromatic carbocycles. The van der Waals surface area contributed by atoms with Gasteiger partial charge in [-0.1, -0.05) is 0 Å². The summed E-state index contributed by atoms with van der Waals surface area (Å²) in [7, 11) is 0. The molecule has 1 aliphatic heterocycles. The van der Waals surface area contributed by atoms with Crippen molar-refractivity contribution in [3.63, 3.8) is 0 Å². The maximum Gasteiger partial charge on any atom is 0.260 e. The first-order valence-electron chi connectivity index (χ1n) is 9.50. The van der Waals surface area contributed by atoms with Crippen molar-refractivity contribution in [2.24, 2.45) is 0 Å². The molecule has 7 heteroatoms. The van der Waals surface area contributed by atoms with Crippen molar-refractivity contribution in [1.82, 2.24) is 24.5 Å². The number of imidazole rings is 1. The van der Waals surface area contributed by atoms with Gasteiger partial charge < -0.3 is 15.6 Å². The van der Waals surface area contributed by atoms with Crippen molar-refractivity contribution in [1.29, 1.82) is 0 Å². The highest BCUT2D eigenvalue weighted by Gasteiger charge is 2.19. The fourth-order valence-electron chi connectivity index (χ4n) is 4.12. The van der Waals surface area contributed by atoms with Crippen molar-refractivity contribution in [2.75, 3.05) is 18.8 Å². The lowest BCUT2D eigenvalue weighted by atomic mass is 10.0. The summed E-state index contributed by atoms with van der Waals surface area (Å²) in [6.07, 6.45) is 4.74. The summed E-state index contributed by atoms with van der Waals surface area (Å²) in [5, 5.41) is 9.41. The van der Waals surface area contributed by atoms with Gasteiger partial charge in [-0.3, -0.25) is 4.79 Å². The van der Waals surface area contributed by atoms with Gasteiger partial charge in [0, 0.05) is 24.0 Å². The van der Waals surface area contributed by atoms with Gasteiger partial charge in [-0.05, 0) is 62.0 Å². The van der Waals surface area contributed by atoms with E-state index in [0.717, 1.165) is 53.1 Å². The predicted octanol–water partition coefficient (Wildman–Crippen LogP) is 2.44. The quantitative estimate of drug-likeness (QED) is 0.526. The Kier molecular flexibility index (Phi) is 3.73. The van der Waals surface area contributed by atoms with Crippen LogP contribution in [0.4, 0.5) is 5.69 Å². The highest BCUT2D eigenvalue weighted by Crippen LogP contribution is 2.28. The van der Waals surface area contributed by atoms with Crippen LogP contribution in [0, 0.1) is 13.8 Å². The number of fused-ring (bicyclic) bond motifs is 2. The van der Waals surface area contributed by atoms with Crippen LogP contribution in [0.2, 0.25) is 0 Å². The SMILES string of the molecule is Cc1cn2nc(-c3cc(N)c4c(=O)n([C@H]5CCNC5)ccc4c3)cc(C)c2n1. The molecule has 3 aromatic heterocycles. The zero-order valence-electron chi connectivity index (χ0n) is 15.9. The monoisotopic (exact) mass is 374 g/mol. The first-order chi connectivity index (χ1) is 13.5. The topological polar surface area (TPSA) is 90.2 Å². The molecule has 1 saturated heterocycles. The van der Waals surface area contributed by atoms with Crippen molar-refractivity contribution in [3.8, 4) is 11.3 Å². The Bertz CT molecular complexity index is 1280. The molecule has 0 bridgehead atoms. The largest absolute Gasteiger partial charge is 0.398 e. The van der Waals surface area contributed by atoms with E-state index in [4.69, 9.17) is 5.73 Å². The highest BCUT2D eigenvalue weighted by molar-refractivity contribution is 5.95. The lowest BCUT2D eigenvalue weighted by molar-refractivity contribution is 0.533. The molecule has 1 atom stereocenters. The minimum atomic E-state index is -0.0277. The molecule has 142 valence electrons. The maximum atomic E-state index is 13.0. The fourth-order valence-corrected chi connectivity index (χ4v) is 4.12. The predicted molar refractivity (Wildman–Crippen MR) is 111 cm³/mol. The van der Waals surface area contributed by atoms with Gasteiger partial charge in [-0.2, -0.15) is 5.10 Å². The van der Waals surface area contributed by atoms with Crippen LogP contribution in [0.1, 0.15) is 23.7 Å². The Morgan fingerprint density at radius 3 is 2.89 bits per heavy atom. The van der Waals surface area contributed by atoms with Crippen molar-refractivity contribution >= 4 is 22.1 Å². The van der Waals surface area contributed by atoms with Gasteiger partial charge in [-0.15, -0.1) is 0 Å². The zero-order valence-corrected chi connectivity index (χ0v) is 15.9. The third-order valence-electron chi connectivity index (χ3n) is 5.52. The normalized spacial score (nSPS) is 17.0. The second-order valence-corrected chi connectivity index (χ2v) is 7.57. The Labute approximate surface area is 161 Å². The highest BCUT2D eigenvalue weighted by atomic mass is 16.1. The number of hydrogen-bond acceptors (Lipinski definition) is 5. The van der Waals surface area contributed by atoms with E-state index in [1.54, 1.807) is 9.08 Å². The molecule has 0 spiro atoms. The summed E-state index contributed by atoms with van der Waals surface area (Å²) in [5.41, 5.74) is 11.3. The average molecular weight is 374 g/mol. The molecule has 0 radical (unpaired) electrons. The summed E-state index contributed by atoms with van der Waals surface area (Å²) in [6.45, 7) is 5.72. The number of hydrogen-bond donors (Lipinski definition) is 2. The summed E-state index contributed by atoms with van der Waals surface area (Å²) in [5.74, 6) is 0. The molecule has 0 saturated carbocycles. The summed E-state index contributed by atoms with van der Waals surface area (Å²) < 4.78 is 3.60. The molecule has 7 nitrogen and oxygen atoms in total. The minimum absolute atomic E-state index is 0.0277. The average Bonchev–Trinajstić information content (AvgIpc) is 3.31. The summed E-state index contributed by atoms with van der Waals surface area (Å²) >= 11 is 0. The van der Waals surface area contributed by atoms with Crippen molar-refractivity contribution < 1.29 is 0 Å². The molecule has 4 aromatic rings. The first kappa shape index (κ1) is 16.9. The number of nitrogens with one attached hydrogen (secondary N) is 1. The first-order valence-corrected chi connectivity index (χ1v) is 9.50. The van der Waals surface area contributed by atoms with Gasteiger partial charge in [0.2, 0.25) is 0 Å². The fraction of sp³-hybridized carbons (Fsp3) is 0.286. The molecule has 1 fully saturated rings. The van der Waals surface area contributed by atoms with E-state index in [2.05, 4.69) is 15.4 Å². The Morgan fingerprint density at radius 2 is 2.11 bits per heavy atom. The van der Waals surface area contributed by atoms with E-state index in [-0.39, 0.29) is 11.6 Å². The minimum Gasteiger partial charge on any atom is -0.398 e. The number of anilines is 1. The van der Waals surface area contributed by atoms with Crippen LogP contribution >= 0.6 is 0 Å². The van der Waals surface area contributed by atoms with Crippen LogP contribution in [-0.4, -0.2) is 32.3 Å². The van der Waals surface area contributed by atoms with E-state index >= 15 is 0 Å². The number of nitrogens with zero attached hydrogens (tertiary/aromatic N) is 4. The third-order valence-corrected chi connectivity index (χ3v) is 5.52. The van der Waals surface area contributed by atoms with Crippen molar-refractivity contribution in [2.45, 2.75) is 26.3 Å². The second-order valence-electron chi connectivity index (χ2n) is 7.57. The van der Waals surface area contributed by atoms with Crippen LogP contribution in [0.3, 0.4) is 0 Å². The molecule has 1 aliphatic rings. The van der Waals surface area contributed by atoms with Gasteiger partial charge >= 0.3 is 0 Å². The van der Waals surface area contributed by atoms with Crippen LogP contribution in [-0.2, 0) is 0 Å². The van der Waals surface area contributed by atoms with Gasteiger partial charge in [0.15, 0.2) is 5.65 Å². The van der Waals surface area contributed by atoms with Crippen LogP contribution < -0.4 is 16.6 Å². The number of nitrogen functional groups attached to an aromatic ring is 1. The summed E-state index contributed by atoms with van der Waals surface area (Å²) in [4.78, 5) is 17.5. The molecule has 0 aliphatic carbocycles. The lowest BCUT2D eigenvalue weighted by Gasteiger charge is -2.15. The number of nitrogens with two attached hydrogens (primary N) is 1. The molecular formula is C21H22N6O. The summed E-state index contributed by atoms with van der Waals surface area (Å²) in [6, 6.07) is 8.00. The van der Waals surface area contributed by atoms with Crippen LogP contribution in [0.5, 0.6) is 0 Å². The number of rotatable bonds is 2. The number of benzene rings is 1. The van der Waals surface area contributed by atoms with Gasteiger partial charge in [-0.25, -0.2) is 9.50 Å². The molecule has 4 heterocycles. The van der Waals surface area contributed by atoms with E-state index < -0.39 is 0 Å². The molecule has 0 amide bonds. The van der Waals surface area contributed by atoms with Gasteiger partial charge in [0.1, 0.15) is 0 Å². The number of aryl methyl sites for hydroxylation is 2. The maximum absolute atomic E-state index is 13.0. The third kappa shape index (κ3) is 2.58. The zero-order chi connectivity index (χ0) is 19.4. The van der Waals surface area contributed by atoms with E-state index in [9.17, 15) is 4.79 Å². The molecular weight excluding hydrogens is 352 g/mol. The Hall–Kier alpha value is -3.19. The van der Waals surface area contributed by atoms with E-state index in [1.807, 2.05) is 50.5 Å². The van der Waals surface area contributed by atoms with Crippen LogP contribution in [0.25, 0.3) is 27.7 Å². The lowest BCUT2D eigenvalue weighted by Crippen LogP contribution is -2.26. The van der Waals surface area contributed by atoms with Gasteiger partial charge in [0.05, 0.1) is 29.0 Å². The Balaban J connectivity index is 1.68. The number of aromatic nitrogens is 4. The van der Waals surface area contributed by atoms with Gasteiger partial charge in [0.25, 0.3) is 5.56 Å². The molecule has 5 rings (SSSR count). The molecule has 0 unspecified atom stereocenters. The second kappa shape index (κ2) is 6.17. The van der Waals surface area contributed by atoms with E-state index in [0.29, 0.717) is 11.1 Å². The standard InChI is InChI=1S/C21H22N6O/c1-12-7-18(25-27-11-13(2)24-20(12)27)15-8-14-4-6-26(16-3-5-23-10-16)21(28)19(14)17(22)9-15/h4,6-9,11,16,23H,3,5,10,22H2,1-2H3/t16-/m0/s1. The van der Waals surface area contributed by atoms with E-state index in [1.165, 1.54) is 0 Å². The molecule has 28 heavy (non-hydrogen) atoms. The smallest absolute Gasteiger partial charge is 0.260 e.